The number of carbonyl (C=O) groups is 1. The molecule has 1 amide bonds. The van der Waals surface area contributed by atoms with Crippen molar-refractivity contribution in [3.8, 4) is 0 Å². The summed E-state index contributed by atoms with van der Waals surface area (Å²) in [5, 5.41) is 0. The quantitative estimate of drug-likeness (QED) is 0.780. The monoisotopic (exact) mass is 257 g/mol. The van der Waals surface area contributed by atoms with Gasteiger partial charge in [-0.3, -0.25) is 0 Å². The van der Waals surface area contributed by atoms with Crippen LogP contribution >= 0.6 is 0 Å². The van der Waals surface area contributed by atoms with Gasteiger partial charge in [-0.25, -0.2) is 4.79 Å². The third kappa shape index (κ3) is 3.61. The molecule has 0 radical (unpaired) electrons. The summed E-state index contributed by atoms with van der Waals surface area (Å²) < 4.78 is 10.6. The van der Waals surface area contributed by atoms with Gasteiger partial charge >= 0.3 is 6.09 Å². The number of carbonyl (C=O) groups excluding carboxylic acids is 1. The van der Waals surface area contributed by atoms with Gasteiger partial charge in [0, 0.05) is 25.8 Å². The second-order valence-electron chi connectivity index (χ2n) is 6.55. The number of hydrogen-bond donors (Lipinski definition) is 0. The highest BCUT2D eigenvalue weighted by Crippen LogP contribution is 2.37. The number of likely N-dealkylation sites (tertiary alicyclic amines) is 1. The van der Waals surface area contributed by atoms with Crippen LogP contribution in [-0.2, 0) is 9.47 Å². The third-order valence-corrected chi connectivity index (χ3v) is 3.68. The fraction of sp³-hybridized carbons (Fsp3) is 0.929. The van der Waals surface area contributed by atoms with Crippen molar-refractivity contribution in [3.63, 3.8) is 0 Å². The summed E-state index contributed by atoms with van der Waals surface area (Å²) in [6, 6.07) is 0. The van der Waals surface area contributed by atoms with Crippen LogP contribution in [0.4, 0.5) is 4.79 Å². The van der Waals surface area contributed by atoms with Gasteiger partial charge < -0.3 is 14.4 Å². The molecule has 0 bridgehead atoms. The summed E-state index contributed by atoms with van der Waals surface area (Å²) in [6.07, 6.45) is 1.81. The van der Waals surface area contributed by atoms with Gasteiger partial charge in [-0.1, -0.05) is 0 Å². The van der Waals surface area contributed by atoms with E-state index in [2.05, 4.69) is 13.8 Å². The zero-order valence-electron chi connectivity index (χ0n) is 12.6. The lowest BCUT2D eigenvalue weighted by Crippen LogP contribution is -2.48. The first kappa shape index (κ1) is 15.3. The molecule has 0 aromatic heterocycles. The van der Waals surface area contributed by atoms with Gasteiger partial charge in [-0.05, 0) is 53.4 Å². The van der Waals surface area contributed by atoms with Crippen LogP contribution in [-0.4, -0.2) is 42.4 Å². The molecule has 106 valence electrons. The van der Waals surface area contributed by atoms with E-state index >= 15 is 0 Å². The number of methoxy groups -OCH3 is 1. The van der Waals surface area contributed by atoms with Crippen molar-refractivity contribution >= 4 is 6.09 Å². The maximum atomic E-state index is 12.2. The molecule has 1 aliphatic heterocycles. The Hall–Kier alpha value is -0.770. The zero-order chi connectivity index (χ0) is 14.0. The van der Waals surface area contributed by atoms with Crippen LogP contribution in [0.3, 0.4) is 0 Å². The van der Waals surface area contributed by atoms with Gasteiger partial charge in [0.15, 0.2) is 0 Å². The number of rotatable bonds is 3. The Labute approximate surface area is 111 Å². The largest absolute Gasteiger partial charge is 0.444 e. The van der Waals surface area contributed by atoms with Crippen molar-refractivity contribution in [1.82, 2.24) is 4.90 Å². The topological polar surface area (TPSA) is 38.8 Å². The van der Waals surface area contributed by atoms with E-state index in [4.69, 9.17) is 9.47 Å². The van der Waals surface area contributed by atoms with Crippen LogP contribution in [0.1, 0.15) is 47.5 Å². The van der Waals surface area contributed by atoms with Crippen molar-refractivity contribution < 1.29 is 14.3 Å². The summed E-state index contributed by atoms with van der Waals surface area (Å²) in [6.45, 7) is 11.4. The molecule has 0 aliphatic carbocycles. The van der Waals surface area contributed by atoms with Crippen molar-refractivity contribution in [2.75, 3.05) is 20.3 Å². The molecule has 4 nitrogen and oxygen atoms in total. The first-order valence-electron chi connectivity index (χ1n) is 6.68. The molecular weight excluding hydrogens is 230 g/mol. The summed E-state index contributed by atoms with van der Waals surface area (Å²) in [5.74, 6) is 0.477. The summed E-state index contributed by atoms with van der Waals surface area (Å²) in [7, 11) is 1.72. The molecule has 1 fully saturated rings. The van der Waals surface area contributed by atoms with Crippen LogP contribution in [0, 0.1) is 5.92 Å². The third-order valence-electron chi connectivity index (χ3n) is 3.68. The Morgan fingerprint density at radius 3 is 2.50 bits per heavy atom. The maximum Gasteiger partial charge on any atom is 0.410 e. The fourth-order valence-electron chi connectivity index (χ4n) is 2.55. The molecule has 1 saturated heterocycles. The van der Waals surface area contributed by atoms with E-state index in [0.717, 1.165) is 26.0 Å². The van der Waals surface area contributed by atoms with Crippen molar-refractivity contribution in [2.24, 2.45) is 5.92 Å². The number of ether oxygens (including phenoxy) is 2. The van der Waals surface area contributed by atoms with Gasteiger partial charge in [0.25, 0.3) is 0 Å². The smallest absolute Gasteiger partial charge is 0.410 e. The van der Waals surface area contributed by atoms with Gasteiger partial charge in [0.2, 0.25) is 0 Å². The molecule has 1 atom stereocenters. The molecule has 4 heteroatoms. The number of hydrogen-bond acceptors (Lipinski definition) is 3. The second kappa shape index (κ2) is 5.47. The highest BCUT2D eigenvalue weighted by Gasteiger charge is 2.44. The van der Waals surface area contributed by atoms with Crippen LogP contribution in [0.5, 0.6) is 0 Å². The fourth-order valence-corrected chi connectivity index (χ4v) is 2.55. The highest BCUT2D eigenvalue weighted by atomic mass is 16.6. The summed E-state index contributed by atoms with van der Waals surface area (Å²) in [5.41, 5.74) is -0.585. The molecule has 0 saturated carbocycles. The van der Waals surface area contributed by atoms with E-state index in [1.807, 2.05) is 25.7 Å². The second-order valence-corrected chi connectivity index (χ2v) is 6.55. The van der Waals surface area contributed by atoms with Crippen LogP contribution in [0.25, 0.3) is 0 Å². The standard InChI is InChI=1S/C14H27NO3/c1-13(2,3)18-12(16)15-9-7-11(8-10-17-6)14(15,4)5/h11H,7-10H2,1-6H3. The predicted molar refractivity (Wildman–Crippen MR) is 71.6 cm³/mol. The lowest BCUT2D eigenvalue weighted by molar-refractivity contribution is 0.00737. The Balaban J connectivity index is 2.66. The highest BCUT2D eigenvalue weighted by molar-refractivity contribution is 5.69. The van der Waals surface area contributed by atoms with Crippen molar-refractivity contribution in [2.45, 2.75) is 58.6 Å². The molecule has 0 N–H and O–H groups in total. The SMILES string of the molecule is COCCC1CCN(C(=O)OC(C)(C)C)C1(C)C. The molecule has 1 rings (SSSR count). The van der Waals surface area contributed by atoms with E-state index in [9.17, 15) is 4.79 Å². The predicted octanol–water partition coefficient (Wildman–Crippen LogP) is 3.06. The van der Waals surface area contributed by atoms with Gasteiger partial charge in [-0.15, -0.1) is 0 Å². The van der Waals surface area contributed by atoms with Crippen molar-refractivity contribution in [1.29, 1.82) is 0 Å². The Kier molecular flexibility index (Phi) is 4.65. The molecule has 0 aromatic carbocycles. The summed E-state index contributed by atoms with van der Waals surface area (Å²) >= 11 is 0. The minimum atomic E-state index is -0.433. The Morgan fingerprint density at radius 1 is 1.39 bits per heavy atom. The van der Waals surface area contributed by atoms with E-state index in [0.29, 0.717) is 5.92 Å². The van der Waals surface area contributed by atoms with E-state index in [-0.39, 0.29) is 11.6 Å². The molecule has 0 aromatic rings. The van der Waals surface area contributed by atoms with Crippen LogP contribution < -0.4 is 0 Å². The molecule has 1 aliphatic rings. The lowest BCUT2D eigenvalue weighted by atomic mass is 9.86. The molecular formula is C14H27NO3. The lowest BCUT2D eigenvalue weighted by Gasteiger charge is -2.37. The Bertz CT molecular complexity index is 294. The van der Waals surface area contributed by atoms with Gasteiger partial charge in [-0.2, -0.15) is 0 Å². The van der Waals surface area contributed by atoms with Crippen molar-refractivity contribution in [3.05, 3.63) is 0 Å². The minimum absolute atomic E-state index is 0.152. The maximum absolute atomic E-state index is 12.2. The minimum Gasteiger partial charge on any atom is -0.444 e. The zero-order valence-corrected chi connectivity index (χ0v) is 12.6. The van der Waals surface area contributed by atoms with Crippen LogP contribution in [0.2, 0.25) is 0 Å². The van der Waals surface area contributed by atoms with Crippen LogP contribution in [0.15, 0.2) is 0 Å². The average Bonchev–Trinajstić information content (AvgIpc) is 2.48. The average molecular weight is 257 g/mol. The first-order chi connectivity index (χ1) is 8.18. The molecule has 18 heavy (non-hydrogen) atoms. The van der Waals surface area contributed by atoms with E-state index < -0.39 is 5.60 Å². The normalized spacial score (nSPS) is 23.2. The number of amides is 1. The first-order valence-corrected chi connectivity index (χ1v) is 6.68. The van der Waals surface area contributed by atoms with E-state index in [1.165, 1.54) is 0 Å². The molecule has 1 unspecified atom stereocenters. The van der Waals surface area contributed by atoms with E-state index in [1.54, 1.807) is 7.11 Å². The molecule has 1 heterocycles. The van der Waals surface area contributed by atoms with Gasteiger partial charge in [0.1, 0.15) is 5.60 Å². The number of nitrogens with zero attached hydrogens (tertiary/aromatic N) is 1. The Morgan fingerprint density at radius 2 is 2.00 bits per heavy atom. The summed E-state index contributed by atoms with van der Waals surface area (Å²) in [4.78, 5) is 14.0. The molecule has 0 spiro atoms. The van der Waals surface area contributed by atoms with Gasteiger partial charge in [0.05, 0.1) is 0 Å².